The van der Waals surface area contributed by atoms with E-state index in [1.54, 1.807) is 32.0 Å². The van der Waals surface area contributed by atoms with Gasteiger partial charge in [0.25, 0.3) is 0 Å². The van der Waals surface area contributed by atoms with Gasteiger partial charge in [0.1, 0.15) is 13.2 Å². The van der Waals surface area contributed by atoms with E-state index in [1.165, 1.54) is 6.26 Å². The minimum absolute atomic E-state index is 0.485. The molecule has 1 aliphatic heterocycles. The molecule has 1 unspecified atom stereocenters. The predicted molar refractivity (Wildman–Crippen MR) is 74.9 cm³/mol. The average Bonchev–Trinajstić information content (AvgIpc) is 2.36. The first-order chi connectivity index (χ1) is 8.73. The van der Waals surface area contributed by atoms with Crippen molar-refractivity contribution in [2.75, 3.05) is 19.5 Å². The van der Waals surface area contributed by atoms with Crippen molar-refractivity contribution in [3.63, 3.8) is 0 Å². The molecule has 0 N–H and O–H groups in total. The maximum Gasteiger partial charge on any atom is 0.161 e. The van der Waals surface area contributed by atoms with Crippen LogP contribution in [0.4, 0.5) is 0 Å². The van der Waals surface area contributed by atoms with Gasteiger partial charge in [0.15, 0.2) is 21.3 Å². The smallest absolute Gasteiger partial charge is 0.161 e. The van der Waals surface area contributed by atoms with E-state index in [0.717, 1.165) is 0 Å². The van der Waals surface area contributed by atoms with Crippen LogP contribution in [0.3, 0.4) is 0 Å². The van der Waals surface area contributed by atoms with Crippen LogP contribution >= 0.6 is 11.6 Å². The van der Waals surface area contributed by atoms with Gasteiger partial charge in [-0.15, -0.1) is 11.6 Å². The van der Waals surface area contributed by atoms with Gasteiger partial charge in [0.05, 0.1) is 10.1 Å². The molecular formula is C13H17ClO4S. The molecule has 0 bridgehead atoms. The topological polar surface area (TPSA) is 52.6 Å². The summed E-state index contributed by atoms with van der Waals surface area (Å²) < 4.78 is 33.5. The zero-order chi connectivity index (χ0) is 14.3. The number of ether oxygens (including phenoxy) is 2. The first-order valence-corrected chi connectivity index (χ1v) is 8.29. The molecule has 19 heavy (non-hydrogen) atoms. The molecule has 106 valence electrons. The summed E-state index contributed by atoms with van der Waals surface area (Å²) in [5, 5.41) is -0.654. The number of alkyl halides is 1. The van der Waals surface area contributed by atoms with Gasteiger partial charge in [-0.05, 0) is 31.5 Å². The van der Waals surface area contributed by atoms with Crippen molar-refractivity contribution in [3.8, 4) is 11.5 Å². The maximum absolute atomic E-state index is 11.8. The number of rotatable bonds is 3. The van der Waals surface area contributed by atoms with Crippen molar-refractivity contribution in [3.05, 3.63) is 23.8 Å². The molecule has 0 saturated carbocycles. The second-order valence-corrected chi connectivity index (χ2v) is 8.17. The molecular weight excluding hydrogens is 288 g/mol. The summed E-state index contributed by atoms with van der Waals surface area (Å²) in [5.41, 5.74) is 0.710. The highest BCUT2D eigenvalue weighted by Crippen LogP contribution is 2.41. The Hall–Kier alpha value is -0.940. The van der Waals surface area contributed by atoms with Gasteiger partial charge in [-0.2, -0.15) is 0 Å². The minimum Gasteiger partial charge on any atom is -0.486 e. The van der Waals surface area contributed by atoms with Crippen LogP contribution in [0.15, 0.2) is 18.2 Å². The van der Waals surface area contributed by atoms with Crippen LogP contribution in [-0.4, -0.2) is 32.6 Å². The SMILES string of the molecule is CC(C)(C(Cl)c1ccc2c(c1)OCCO2)S(C)(=O)=O. The lowest BCUT2D eigenvalue weighted by Crippen LogP contribution is -2.35. The van der Waals surface area contributed by atoms with E-state index in [4.69, 9.17) is 21.1 Å². The Bertz CT molecular complexity index is 580. The highest BCUT2D eigenvalue weighted by atomic mass is 35.5. The number of sulfone groups is 1. The molecule has 1 aromatic rings. The van der Waals surface area contributed by atoms with Crippen LogP contribution < -0.4 is 9.47 Å². The standard InChI is InChI=1S/C13H17ClO4S/c1-13(2,19(3,15)16)12(14)9-4-5-10-11(8-9)18-7-6-17-10/h4-5,8,12H,6-7H2,1-3H3. The van der Waals surface area contributed by atoms with Crippen molar-refractivity contribution in [2.45, 2.75) is 24.0 Å². The van der Waals surface area contributed by atoms with Crippen LogP contribution in [0, 0.1) is 0 Å². The van der Waals surface area contributed by atoms with Gasteiger partial charge in [-0.3, -0.25) is 0 Å². The van der Waals surface area contributed by atoms with Crippen LogP contribution in [0.25, 0.3) is 0 Å². The van der Waals surface area contributed by atoms with E-state index >= 15 is 0 Å². The first kappa shape index (κ1) is 14.5. The van der Waals surface area contributed by atoms with E-state index in [1.807, 2.05) is 0 Å². The van der Waals surface area contributed by atoms with Crippen molar-refractivity contribution >= 4 is 21.4 Å². The summed E-state index contributed by atoms with van der Waals surface area (Å²) >= 11 is 6.35. The van der Waals surface area contributed by atoms with Crippen molar-refractivity contribution < 1.29 is 17.9 Å². The number of benzene rings is 1. The highest BCUT2D eigenvalue weighted by Gasteiger charge is 2.39. The predicted octanol–water partition coefficient (Wildman–Crippen LogP) is 2.56. The summed E-state index contributed by atoms with van der Waals surface area (Å²) in [6.07, 6.45) is 1.19. The summed E-state index contributed by atoms with van der Waals surface area (Å²) in [5.74, 6) is 1.27. The Morgan fingerprint density at radius 3 is 2.37 bits per heavy atom. The molecule has 1 heterocycles. The zero-order valence-electron chi connectivity index (χ0n) is 11.1. The second-order valence-electron chi connectivity index (χ2n) is 5.14. The average molecular weight is 305 g/mol. The monoisotopic (exact) mass is 304 g/mol. The van der Waals surface area contributed by atoms with Crippen LogP contribution in [-0.2, 0) is 9.84 Å². The molecule has 1 aliphatic rings. The van der Waals surface area contributed by atoms with Gasteiger partial charge < -0.3 is 9.47 Å². The van der Waals surface area contributed by atoms with Gasteiger partial charge >= 0.3 is 0 Å². The molecule has 0 aromatic heterocycles. The lowest BCUT2D eigenvalue weighted by Gasteiger charge is -2.29. The maximum atomic E-state index is 11.8. The molecule has 4 nitrogen and oxygen atoms in total. The second kappa shape index (κ2) is 4.87. The largest absolute Gasteiger partial charge is 0.486 e. The highest BCUT2D eigenvalue weighted by molar-refractivity contribution is 7.92. The Morgan fingerprint density at radius 2 is 1.79 bits per heavy atom. The minimum atomic E-state index is -3.28. The molecule has 0 spiro atoms. The zero-order valence-corrected chi connectivity index (χ0v) is 12.7. The first-order valence-electron chi connectivity index (χ1n) is 5.96. The van der Waals surface area contributed by atoms with E-state index < -0.39 is 20.0 Å². The molecule has 0 saturated heterocycles. The summed E-state index contributed by atoms with van der Waals surface area (Å²) in [6.45, 7) is 4.25. The molecule has 0 aliphatic carbocycles. The van der Waals surface area contributed by atoms with Gasteiger partial charge in [-0.25, -0.2) is 8.42 Å². The van der Waals surface area contributed by atoms with Gasteiger partial charge in [0.2, 0.25) is 0 Å². The number of fused-ring (bicyclic) bond motifs is 1. The fourth-order valence-corrected chi connectivity index (χ4v) is 2.94. The summed E-state index contributed by atoms with van der Waals surface area (Å²) in [6, 6.07) is 5.29. The third-order valence-electron chi connectivity index (χ3n) is 3.42. The fourth-order valence-electron chi connectivity index (χ4n) is 1.81. The third kappa shape index (κ3) is 2.67. The normalized spacial score (nSPS) is 17.1. The van der Waals surface area contributed by atoms with Crippen molar-refractivity contribution in [1.29, 1.82) is 0 Å². The van der Waals surface area contributed by atoms with E-state index in [-0.39, 0.29) is 0 Å². The summed E-state index contributed by atoms with van der Waals surface area (Å²) in [7, 11) is -3.28. The lowest BCUT2D eigenvalue weighted by atomic mass is 10.0. The Labute approximate surface area is 118 Å². The van der Waals surface area contributed by atoms with E-state index in [0.29, 0.717) is 30.3 Å². The molecule has 1 atom stereocenters. The molecule has 1 aromatic carbocycles. The molecule has 2 rings (SSSR count). The van der Waals surface area contributed by atoms with E-state index in [9.17, 15) is 8.42 Å². The third-order valence-corrected chi connectivity index (χ3v) is 6.50. The molecule has 6 heteroatoms. The number of hydrogen-bond acceptors (Lipinski definition) is 4. The fraction of sp³-hybridized carbons (Fsp3) is 0.538. The number of hydrogen-bond donors (Lipinski definition) is 0. The Balaban J connectivity index is 2.37. The Kier molecular flexibility index (Phi) is 3.71. The van der Waals surface area contributed by atoms with Crippen LogP contribution in [0.1, 0.15) is 24.8 Å². The van der Waals surface area contributed by atoms with Crippen LogP contribution in [0.5, 0.6) is 11.5 Å². The van der Waals surface area contributed by atoms with Crippen LogP contribution in [0.2, 0.25) is 0 Å². The van der Waals surface area contributed by atoms with E-state index in [2.05, 4.69) is 0 Å². The molecule has 0 radical (unpaired) electrons. The lowest BCUT2D eigenvalue weighted by molar-refractivity contribution is 0.171. The molecule has 0 fully saturated rings. The van der Waals surface area contributed by atoms with Gasteiger partial charge in [-0.1, -0.05) is 6.07 Å². The molecule has 0 amide bonds. The summed E-state index contributed by atoms with van der Waals surface area (Å²) in [4.78, 5) is 0. The number of halogens is 1. The quantitative estimate of drug-likeness (QED) is 0.805. The van der Waals surface area contributed by atoms with Crippen molar-refractivity contribution in [2.24, 2.45) is 0 Å². The Morgan fingerprint density at radius 1 is 1.21 bits per heavy atom. The van der Waals surface area contributed by atoms with Gasteiger partial charge in [0, 0.05) is 6.26 Å². The van der Waals surface area contributed by atoms with Crippen molar-refractivity contribution in [1.82, 2.24) is 0 Å².